The lowest BCUT2D eigenvalue weighted by Gasteiger charge is -2.36. The summed E-state index contributed by atoms with van der Waals surface area (Å²) in [6, 6.07) is 8.04. The molecule has 2 aromatic rings. The Morgan fingerprint density at radius 1 is 1.19 bits per heavy atom. The van der Waals surface area contributed by atoms with Crippen molar-refractivity contribution in [2.75, 3.05) is 18.9 Å². The number of hydrogen-bond donors (Lipinski definition) is 1. The van der Waals surface area contributed by atoms with Gasteiger partial charge < -0.3 is 15.5 Å². The van der Waals surface area contributed by atoms with Crippen LogP contribution in [0.15, 0.2) is 29.4 Å². The van der Waals surface area contributed by atoms with Crippen LogP contribution in [0, 0.1) is 11.8 Å². The third-order valence-electron chi connectivity index (χ3n) is 5.63. The van der Waals surface area contributed by atoms with Crippen molar-refractivity contribution in [3.8, 4) is 5.75 Å². The van der Waals surface area contributed by atoms with Crippen molar-refractivity contribution in [3.63, 3.8) is 0 Å². The Kier molecular flexibility index (Phi) is 7.19. The average Bonchev–Trinajstić information content (AvgIpc) is 3.04. The number of amides is 1. The molecule has 7 nitrogen and oxygen atoms in total. The molecular formula is C23H35N5O2S. The van der Waals surface area contributed by atoms with Gasteiger partial charge in [-0.3, -0.25) is 4.79 Å². The fourth-order valence-corrected chi connectivity index (χ4v) is 4.87. The van der Waals surface area contributed by atoms with Gasteiger partial charge in [0.15, 0.2) is 5.82 Å². The first-order chi connectivity index (χ1) is 14.5. The van der Waals surface area contributed by atoms with Gasteiger partial charge in [-0.15, -0.1) is 10.2 Å². The second-order valence-electron chi connectivity index (χ2n) is 9.78. The summed E-state index contributed by atoms with van der Waals surface area (Å²) in [5.41, 5.74) is 1.34. The van der Waals surface area contributed by atoms with Crippen molar-refractivity contribution in [3.05, 3.63) is 35.7 Å². The van der Waals surface area contributed by atoms with Crippen LogP contribution in [0.25, 0.3) is 0 Å². The van der Waals surface area contributed by atoms with Gasteiger partial charge in [-0.1, -0.05) is 58.5 Å². The molecule has 1 saturated heterocycles. The van der Waals surface area contributed by atoms with Crippen molar-refractivity contribution in [1.82, 2.24) is 19.8 Å². The number of piperidine rings is 1. The fraction of sp³-hybridized carbons (Fsp3) is 0.609. The molecule has 1 aliphatic rings. The number of rotatable bonds is 6. The highest BCUT2D eigenvalue weighted by molar-refractivity contribution is 8.00. The Hall–Kier alpha value is -2.22. The van der Waals surface area contributed by atoms with Gasteiger partial charge in [0, 0.05) is 13.1 Å². The number of aromatic nitrogens is 3. The van der Waals surface area contributed by atoms with Gasteiger partial charge in [0.05, 0.1) is 5.25 Å². The molecule has 1 aromatic carbocycles. The number of carbonyl (C=O) groups is 1. The Labute approximate surface area is 189 Å². The summed E-state index contributed by atoms with van der Waals surface area (Å²) in [4.78, 5) is 14.9. The smallest absolute Gasteiger partial charge is 0.235 e. The van der Waals surface area contributed by atoms with Crippen LogP contribution in [0.1, 0.15) is 59.4 Å². The average molecular weight is 446 g/mol. The zero-order valence-electron chi connectivity index (χ0n) is 19.5. The van der Waals surface area contributed by atoms with E-state index >= 15 is 0 Å². The first-order valence-corrected chi connectivity index (χ1v) is 11.8. The maximum absolute atomic E-state index is 12.9. The van der Waals surface area contributed by atoms with Crippen LogP contribution in [0.3, 0.4) is 0 Å². The number of nitrogens with two attached hydrogens (primary N) is 1. The Balaban J connectivity index is 1.57. The van der Waals surface area contributed by atoms with Crippen LogP contribution >= 0.6 is 11.8 Å². The van der Waals surface area contributed by atoms with E-state index in [1.54, 1.807) is 0 Å². The van der Waals surface area contributed by atoms with Crippen LogP contribution in [0.5, 0.6) is 5.75 Å². The minimum atomic E-state index is -0.275. The van der Waals surface area contributed by atoms with E-state index in [0.717, 1.165) is 18.8 Å². The van der Waals surface area contributed by atoms with Crippen molar-refractivity contribution in [2.45, 2.75) is 70.4 Å². The maximum atomic E-state index is 12.9. The monoisotopic (exact) mass is 445 g/mol. The molecule has 0 radical (unpaired) electrons. The SMILES string of the molecule is CC1CC(C)CN(C(=O)C(C)Sc2nnc(COc3ccc(C(C)(C)C)cc3)n2N)C1. The second kappa shape index (κ2) is 9.51. The van der Waals surface area contributed by atoms with Crippen LogP contribution in [0.4, 0.5) is 0 Å². The van der Waals surface area contributed by atoms with Gasteiger partial charge in [0.2, 0.25) is 11.1 Å². The van der Waals surface area contributed by atoms with Crippen LogP contribution < -0.4 is 10.6 Å². The molecule has 31 heavy (non-hydrogen) atoms. The Morgan fingerprint density at radius 3 is 2.39 bits per heavy atom. The lowest BCUT2D eigenvalue weighted by atomic mass is 9.87. The van der Waals surface area contributed by atoms with Gasteiger partial charge in [0.1, 0.15) is 12.4 Å². The number of hydrogen-bond acceptors (Lipinski definition) is 6. The molecule has 0 saturated carbocycles. The van der Waals surface area contributed by atoms with E-state index < -0.39 is 0 Å². The molecule has 2 N–H and O–H groups in total. The zero-order chi connectivity index (χ0) is 22.8. The first-order valence-electron chi connectivity index (χ1n) is 10.9. The topological polar surface area (TPSA) is 86.3 Å². The number of thioether (sulfide) groups is 1. The molecule has 3 unspecified atom stereocenters. The van der Waals surface area contributed by atoms with Crippen molar-refractivity contribution in [2.24, 2.45) is 11.8 Å². The summed E-state index contributed by atoms with van der Waals surface area (Å²) >= 11 is 1.34. The predicted molar refractivity (Wildman–Crippen MR) is 124 cm³/mol. The van der Waals surface area contributed by atoms with Gasteiger partial charge in [0.25, 0.3) is 0 Å². The molecule has 0 bridgehead atoms. The van der Waals surface area contributed by atoms with Crippen LogP contribution in [-0.4, -0.2) is 44.0 Å². The number of nitrogen functional groups attached to an aromatic ring is 1. The normalized spacial score (nSPS) is 20.5. The first kappa shape index (κ1) is 23.4. The van der Waals surface area contributed by atoms with Crippen LogP contribution in [0.2, 0.25) is 0 Å². The minimum Gasteiger partial charge on any atom is -0.486 e. The quantitative estimate of drug-likeness (QED) is 0.537. The lowest BCUT2D eigenvalue weighted by Crippen LogP contribution is -2.45. The standard InChI is InChI=1S/C23H35N5O2S/c1-15-11-16(2)13-27(12-15)21(29)17(3)31-22-26-25-20(28(22)24)14-30-19-9-7-18(8-10-19)23(4,5)6/h7-10,15-17H,11-14,24H2,1-6H3. The van der Waals surface area contributed by atoms with E-state index in [1.807, 2.05) is 24.0 Å². The number of ether oxygens (including phenoxy) is 1. The number of likely N-dealkylation sites (tertiary alicyclic amines) is 1. The second-order valence-corrected chi connectivity index (χ2v) is 11.1. The van der Waals surface area contributed by atoms with Crippen LogP contribution in [-0.2, 0) is 16.8 Å². The molecule has 0 spiro atoms. The van der Waals surface area contributed by atoms with Gasteiger partial charge in [-0.05, 0) is 48.3 Å². The Bertz CT molecular complexity index is 880. The van der Waals surface area contributed by atoms with E-state index in [1.165, 1.54) is 28.4 Å². The molecule has 3 atom stereocenters. The molecule has 170 valence electrons. The third kappa shape index (κ3) is 5.93. The highest BCUT2D eigenvalue weighted by Crippen LogP contribution is 2.27. The molecule has 3 rings (SSSR count). The zero-order valence-corrected chi connectivity index (χ0v) is 20.3. The van der Waals surface area contributed by atoms with E-state index in [2.05, 4.69) is 56.9 Å². The van der Waals surface area contributed by atoms with Crippen molar-refractivity contribution < 1.29 is 9.53 Å². The highest BCUT2D eigenvalue weighted by Gasteiger charge is 2.29. The highest BCUT2D eigenvalue weighted by atomic mass is 32.2. The van der Waals surface area contributed by atoms with E-state index in [9.17, 15) is 4.79 Å². The molecule has 1 amide bonds. The largest absolute Gasteiger partial charge is 0.486 e. The maximum Gasteiger partial charge on any atom is 0.235 e. The lowest BCUT2D eigenvalue weighted by molar-refractivity contribution is -0.132. The summed E-state index contributed by atoms with van der Waals surface area (Å²) in [6.07, 6.45) is 1.17. The molecular weight excluding hydrogens is 410 g/mol. The number of nitrogens with zero attached hydrogens (tertiary/aromatic N) is 4. The number of benzene rings is 1. The van der Waals surface area contributed by atoms with Gasteiger partial charge in [-0.25, -0.2) is 4.68 Å². The van der Waals surface area contributed by atoms with E-state index in [4.69, 9.17) is 10.6 Å². The summed E-state index contributed by atoms with van der Waals surface area (Å²) < 4.78 is 7.25. The molecule has 1 aliphatic heterocycles. The van der Waals surface area contributed by atoms with Gasteiger partial charge in [-0.2, -0.15) is 0 Å². The number of carbonyl (C=O) groups excluding carboxylic acids is 1. The van der Waals surface area contributed by atoms with Crippen molar-refractivity contribution in [1.29, 1.82) is 0 Å². The summed E-state index contributed by atoms with van der Waals surface area (Å²) in [6.45, 7) is 14.7. The molecule has 8 heteroatoms. The molecule has 0 aliphatic carbocycles. The predicted octanol–water partition coefficient (Wildman–Crippen LogP) is 3.85. The summed E-state index contributed by atoms with van der Waals surface area (Å²) in [5, 5.41) is 8.57. The van der Waals surface area contributed by atoms with Crippen molar-refractivity contribution >= 4 is 17.7 Å². The Morgan fingerprint density at radius 2 is 1.81 bits per heavy atom. The molecule has 2 heterocycles. The molecule has 1 fully saturated rings. The van der Waals surface area contributed by atoms with Gasteiger partial charge >= 0.3 is 0 Å². The summed E-state index contributed by atoms with van der Waals surface area (Å²) in [7, 11) is 0. The van der Waals surface area contributed by atoms with E-state index in [0.29, 0.717) is 22.8 Å². The minimum absolute atomic E-state index is 0.0977. The van der Waals surface area contributed by atoms with E-state index in [-0.39, 0.29) is 23.2 Å². The fourth-order valence-electron chi connectivity index (χ4n) is 3.99. The third-order valence-corrected chi connectivity index (χ3v) is 6.68. The summed E-state index contributed by atoms with van der Waals surface area (Å²) in [5.74, 6) is 8.64. The molecule has 1 aromatic heterocycles.